The Hall–Kier alpha value is -3.11. The van der Waals surface area contributed by atoms with E-state index in [1.165, 1.54) is 0 Å². The van der Waals surface area contributed by atoms with Crippen molar-refractivity contribution in [3.05, 3.63) is 58.6 Å². The molecule has 0 aromatic heterocycles. The lowest BCUT2D eigenvalue weighted by Gasteiger charge is -2.63. The number of hydrogen-bond donors (Lipinski definition) is 2. The molecule has 1 saturated carbocycles. The van der Waals surface area contributed by atoms with Crippen molar-refractivity contribution < 1.29 is 9.53 Å². The van der Waals surface area contributed by atoms with Crippen molar-refractivity contribution in [1.82, 2.24) is 5.32 Å². The Kier molecular flexibility index (Phi) is 5.73. The van der Waals surface area contributed by atoms with Crippen molar-refractivity contribution in [2.24, 2.45) is 27.0 Å². The molecule has 0 bridgehead atoms. The molecule has 8 heteroatoms. The summed E-state index contributed by atoms with van der Waals surface area (Å²) >= 11 is 6.13. The van der Waals surface area contributed by atoms with Gasteiger partial charge in [-0.05, 0) is 36.4 Å². The van der Waals surface area contributed by atoms with E-state index in [-0.39, 0.29) is 28.9 Å². The van der Waals surface area contributed by atoms with Crippen LogP contribution in [0.15, 0.2) is 52.8 Å². The third-order valence-corrected chi connectivity index (χ3v) is 6.05. The van der Waals surface area contributed by atoms with Crippen molar-refractivity contribution in [3.8, 4) is 11.8 Å². The summed E-state index contributed by atoms with van der Waals surface area (Å²) in [6, 6.07) is 13.7. The number of benzene rings is 2. The summed E-state index contributed by atoms with van der Waals surface area (Å²) in [7, 11) is 0. The van der Waals surface area contributed by atoms with Gasteiger partial charge in [0, 0.05) is 28.5 Å². The molecule has 0 unspecified atom stereocenters. The third kappa shape index (κ3) is 3.83. The summed E-state index contributed by atoms with van der Waals surface area (Å²) in [5.74, 6) is 5.47. The predicted octanol–water partition coefficient (Wildman–Crippen LogP) is 4.78. The van der Waals surface area contributed by atoms with Crippen LogP contribution in [-0.4, -0.2) is 18.1 Å². The molecule has 0 spiro atoms. The van der Waals surface area contributed by atoms with E-state index in [4.69, 9.17) is 27.4 Å². The zero-order chi connectivity index (χ0) is 22.1. The first-order valence-electron chi connectivity index (χ1n) is 9.49. The Labute approximate surface area is 180 Å². The molecular formula is C22H24ClN5O2. The molecule has 0 aliphatic heterocycles. The summed E-state index contributed by atoms with van der Waals surface area (Å²) in [5.41, 5.74) is 0.856. The fraction of sp³-hybridized carbons (Fsp3) is 0.364. The van der Waals surface area contributed by atoms with Gasteiger partial charge in [0.25, 0.3) is 5.91 Å². The highest BCUT2D eigenvalue weighted by Gasteiger charge is 2.64. The Bertz CT molecular complexity index is 1010. The number of nitriles is 1. The second kappa shape index (κ2) is 7.96. The molecule has 156 valence electrons. The molecule has 1 amide bonds. The van der Waals surface area contributed by atoms with Crippen molar-refractivity contribution in [2.75, 3.05) is 0 Å². The van der Waals surface area contributed by atoms with Crippen molar-refractivity contribution in [1.29, 1.82) is 5.26 Å². The molecule has 30 heavy (non-hydrogen) atoms. The molecule has 0 radical (unpaired) electrons. The second-order valence-electron chi connectivity index (χ2n) is 8.56. The quantitative estimate of drug-likeness (QED) is 0.407. The van der Waals surface area contributed by atoms with Crippen LogP contribution in [0.2, 0.25) is 5.02 Å². The first-order chi connectivity index (χ1) is 14.1. The highest BCUT2D eigenvalue weighted by atomic mass is 35.5. The number of nitrogens with zero attached hydrogens (tertiary/aromatic N) is 3. The van der Waals surface area contributed by atoms with E-state index in [9.17, 15) is 4.79 Å². The molecule has 2 aromatic carbocycles. The van der Waals surface area contributed by atoms with E-state index in [1.807, 2.05) is 6.07 Å². The van der Waals surface area contributed by atoms with Gasteiger partial charge in [-0.1, -0.05) is 44.5 Å². The van der Waals surface area contributed by atoms with E-state index in [2.05, 4.69) is 43.3 Å². The highest BCUT2D eigenvalue weighted by molar-refractivity contribution is 6.31. The van der Waals surface area contributed by atoms with Crippen molar-refractivity contribution in [3.63, 3.8) is 0 Å². The van der Waals surface area contributed by atoms with Crippen LogP contribution in [0.3, 0.4) is 0 Å². The molecule has 1 aliphatic rings. The average molecular weight is 426 g/mol. The minimum Gasteiger partial charge on any atom is -0.489 e. The fourth-order valence-electron chi connectivity index (χ4n) is 4.56. The van der Waals surface area contributed by atoms with E-state index < -0.39 is 0 Å². The SMILES string of the molecule is CC1(C)C(NC(=O)c2ccc(N=NN)cc2)C(C)(C)C1Oc1ccc(C#N)c(Cl)c1. The molecule has 2 aromatic rings. The number of halogens is 1. The normalized spacial score (nSPS) is 21.5. The maximum Gasteiger partial charge on any atom is 0.251 e. The Morgan fingerprint density at radius 3 is 2.33 bits per heavy atom. The van der Waals surface area contributed by atoms with Crippen LogP contribution in [-0.2, 0) is 0 Å². The average Bonchev–Trinajstić information content (AvgIpc) is 2.70. The maximum atomic E-state index is 12.8. The van der Waals surface area contributed by atoms with Crippen molar-refractivity contribution in [2.45, 2.75) is 39.8 Å². The van der Waals surface area contributed by atoms with Gasteiger partial charge in [0.1, 0.15) is 17.9 Å². The van der Waals surface area contributed by atoms with Crippen LogP contribution in [0.25, 0.3) is 0 Å². The van der Waals surface area contributed by atoms with Crippen LogP contribution >= 0.6 is 11.6 Å². The van der Waals surface area contributed by atoms with Crippen LogP contribution in [0.5, 0.6) is 5.75 Å². The lowest BCUT2D eigenvalue weighted by atomic mass is 9.49. The van der Waals surface area contributed by atoms with Gasteiger partial charge in [0.15, 0.2) is 0 Å². The lowest BCUT2D eigenvalue weighted by Crippen LogP contribution is -2.74. The molecule has 3 rings (SSSR count). The van der Waals surface area contributed by atoms with Gasteiger partial charge in [0.05, 0.1) is 16.3 Å². The van der Waals surface area contributed by atoms with Gasteiger partial charge in [-0.25, -0.2) is 0 Å². The Balaban J connectivity index is 1.74. The van der Waals surface area contributed by atoms with Crippen LogP contribution < -0.4 is 15.9 Å². The number of rotatable bonds is 5. The van der Waals surface area contributed by atoms with E-state index in [1.54, 1.807) is 42.5 Å². The van der Waals surface area contributed by atoms with Gasteiger partial charge < -0.3 is 15.9 Å². The number of carbonyl (C=O) groups is 1. The number of hydrogen-bond acceptors (Lipinski definition) is 5. The van der Waals surface area contributed by atoms with Crippen LogP contribution in [0.4, 0.5) is 5.69 Å². The van der Waals surface area contributed by atoms with Gasteiger partial charge in [-0.2, -0.15) is 5.26 Å². The number of nitrogens with one attached hydrogen (secondary N) is 1. The minimum absolute atomic E-state index is 0.111. The number of carbonyl (C=O) groups excluding carboxylic acids is 1. The number of nitrogens with two attached hydrogens (primary N) is 1. The third-order valence-electron chi connectivity index (χ3n) is 5.73. The standard InChI is InChI=1S/C22H24ClN5O2/c1-21(2)19(26-18(29)13-5-8-15(9-6-13)27-28-25)22(3,4)20(21)30-16-10-7-14(12-24)17(23)11-16/h5-11,19-20H,1-4H3,(H2,25,27)(H,26,29). The zero-order valence-electron chi connectivity index (χ0n) is 17.3. The van der Waals surface area contributed by atoms with E-state index in [0.29, 0.717) is 27.6 Å². The summed E-state index contributed by atoms with van der Waals surface area (Å²) in [6.07, 6.45) is -0.161. The van der Waals surface area contributed by atoms with E-state index >= 15 is 0 Å². The zero-order valence-corrected chi connectivity index (χ0v) is 18.1. The maximum absolute atomic E-state index is 12.8. The summed E-state index contributed by atoms with van der Waals surface area (Å²) in [6.45, 7) is 8.24. The molecule has 7 nitrogen and oxygen atoms in total. The molecule has 0 atom stereocenters. The summed E-state index contributed by atoms with van der Waals surface area (Å²) < 4.78 is 6.24. The number of ether oxygens (including phenoxy) is 1. The molecular weight excluding hydrogens is 402 g/mol. The van der Waals surface area contributed by atoms with Gasteiger partial charge in [-0.15, -0.1) is 5.11 Å². The molecule has 3 N–H and O–H groups in total. The van der Waals surface area contributed by atoms with Crippen molar-refractivity contribution >= 4 is 23.2 Å². The van der Waals surface area contributed by atoms with Gasteiger partial charge >= 0.3 is 0 Å². The smallest absolute Gasteiger partial charge is 0.251 e. The highest BCUT2D eigenvalue weighted by Crippen LogP contribution is 2.55. The summed E-state index contributed by atoms with van der Waals surface area (Å²) in [4.78, 5) is 12.8. The van der Waals surface area contributed by atoms with Gasteiger partial charge in [-0.3, -0.25) is 4.79 Å². The van der Waals surface area contributed by atoms with Crippen LogP contribution in [0, 0.1) is 22.2 Å². The molecule has 0 saturated heterocycles. The Morgan fingerprint density at radius 2 is 1.80 bits per heavy atom. The van der Waals surface area contributed by atoms with Crippen LogP contribution in [0.1, 0.15) is 43.6 Å². The first-order valence-corrected chi connectivity index (χ1v) is 9.87. The molecule has 1 aliphatic carbocycles. The van der Waals surface area contributed by atoms with Gasteiger partial charge in [0.2, 0.25) is 0 Å². The topological polar surface area (TPSA) is 113 Å². The Morgan fingerprint density at radius 1 is 1.17 bits per heavy atom. The lowest BCUT2D eigenvalue weighted by molar-refractivity contribution is -0.164. The fourth-order valence-corrected chi connectivity index (χ4v) is 4.77. The minimum atomic E-state index is -0.326. The first kappa shape index (κ1) is 21.6. The molecule has 0 heterocycles. The van der Waals surface area contributed by atoms with E-state index in [0.717, 1.165) is 0 Å². The largest absolute Gasteiger partial charge is 0.489 e. The number of amides is 1. The predicted molar refractivity (Wildman–Crippen MR) is 115 cm³/mol. The summed E-state index contributed by atoms with van der Waals surface area (Å²) in [5, 5.41) is 19.5. The second-order valence-corrected chi connectivity index (χ2v) is 8.97. The monoisotopic (exact) mass is 425 g/mol. The molecule has 1 fully saturated rings.